The fourth-order valence-electron chi connectivity index (χ4n) is 2.38. The number of carbonyl (C=O) groups is 1. The third-order valence-electron chi connectivity index (χ3n) is 3.58. The van der Waals surface area contributed by atoms with Crippen LogP contribution >= 0.6 is 0 Å². The summed E-state index contributed by atoms with van der Waals surface area (Å²) in [5.74, 6) is 0.166. The molecule has 100 valence electrons. The molecule has 1 aliphatic rings. The summed E-state index contributed by atoms with van der Waals surface area (Å²) in [5, 5.41) is 6.35. The zero-order chi connectivity index (χ0) is 12.8. The maximum absolute atomic E-state index is 12.1. The molecule has 0 radical (unpaired) electrons. The van der Waals surface area contributed by atoms with E-state index >= 15 is 0 Å². The van der Waals surface area contributed by atoms with Gasteiger partial charge in [0, 0.05) is 25.2 Å². The Morgan fingerprint density at radius 2 is 2.06 bits per heavy atom. The number of rotatable bonds is 7. The summed E-state index contributed by atoms with van der Waals surface area (Å²) in [6.45, 7) is 11.3. The van der Waals surface area contributed by atoms with E-state index in [0.29, 0.717) is 6.04 Å². The molecule has 1 amide bonds. The second-order valence-electron chi connectivity index (χ2n) is 5.02. The monoisotopic (exact) mass is 241 g/mol. The van der Waals surface area contributed by atoms with Crippen molar-refractivity contribution in [3.05, 3.63) is 0 Å². The molecule has 2 unspecified atom stereocenters. The first-order valence-electron chi connectivity index (χ1n) is 6.86. The van der Waals surface area contributed by atoms with Gasteiger partial charge in [-0.15, -0.1) is 0 Å². The average Bonchev–Trinajstić information content (AvgIpc) is 2.22. The van der Waals surface area contributed by atoms with E-state index < -0.39 is 0 Å². The molecular weight excluding hydrogens is 214 g/mol. The van der Waals surface area contributed by atoms with Crippen molar-refractivity contribution in [1.29, 1.82) is 0 Å². The van der Waals surface area contributed by atoms with E-state index in [-0.39, 0.29) is 18.0 Å². The average molecular weight is 241 g/mol. The first-order chi connectivity index (χ1) is 8.10. The van der Waals surface area contributed by atoms with Gasteiger partial charge in [0.2, 0.25) is 5.91 Å². The van der Waals surface area contributed by atoms with E-state index in [9.17, 15) is 4.79 Å². The summed E-state index contributed by atoms with van der Waals surface area (Å²) in [4.78, 5) is 14.4. The van der Waals surface area contributed by atoms with Gasteiger partial charge in [-0.05, 0) is 26.8 Å². The lowest BCUT2D eigenvalue weighted by Crippen LogP contribution is -2.62. The standard InChI is InChI=1S/C13H27N3O/c1-5-7-10(3)15-13(17)11(4)16(6-2)12-8-14-9-12/h10-12,14H,5-9H2,1-4H3,(H,15,17). The molecule has 0 saturated carbocycles. The Hall–Kier alpha value is -0.610. The fourth-order valence-corrected chi connectivity index (χ4v) is 2.38. The number of hydrogen-bond acceptors (Lipinski definition) is 3. The molecule has 1 saturated heterocycles. The minimum atomic E-state index is -0.0218. The predicted molar refractivity (Wildman–Crippen MR) is 71.0 cm³/mol. The van der Waals surface area contributed by atoms with Crippen LogP contribution in [0.15, 0.2) is 0 Å². The number of amides is 1. The molecule has 17 heavy (non-hydrogen) atoms. The maximum Gasteiger partial charge on any atom is 0.237 e. The minimum Gasteiger partial charge on any atom is -0.352 e. The van der Waals surface area contributed by atoms with Gasteiger partial charge in [0.25, 0.3) is 0 Å². The van der Waals surface area contributed by atoms with Gasteiger partial charge in [0.15, 0.2) is 0 Å². The van der Waals surface area contributed by atoms with E-state index in [1.165, 1.54) is 0 Å². The number of hydrogen-bond donors (Lipinski definition) is 2. The highest BCUT2D eigenvalue weighted by Gasteiger charge is 2.30. The Morgan fingerprint density at radius 1 is 1.41 bits per heavy atom. The number of nitrogens with zero attached hydrogens (tertiary/aromatic N) is 1. The van der Waals surface area contributed by atoms with Crippen molar-refractivity contribution in [2.75, 3.05) is 19.6 Å². The van der Waals surface area contributed by atoms with E-state index in [4.69, 9.17) is 0 Å². The molecule has 1 aliphatic heterocycles. The Morgan fingerprint density at radius 3 is 2.47 bits per heavy atom. The van der Waals surface area contributed by atoms with Crippen molar-refractivity contribution in [2.45, 2.75) is 58.7 Å². The lowest BCUT2D eigenvalue weighted by Gasteiger charge is -2.40. The lowest BCUT2D eigenvalue weighted by molar-refractivity contribution is -0.127. The second kappa shape index (κ2) is 6.97. The molecule has 2 atom stereocenters. The summed E-state index contributed by atoms with van der Waals surface area (Å²) in [5.41, 5.74) is 0. The van der Waals surface area contributed by atoms with E-state index in [1.807, 2.05) is 6.92 Å². The number of nitrogens with one attached hydrogen (secondary N) is 2. The summed E-state index contributed by atoms with van der Waals surface area (Å²) >= 11 is 0. The van der Waals surface area contributed by atoms with Crippen molar-refractivity contribution in [2.24, 2.45) is 0 Å². The molecule has 4 nitrogen and oxygen atoms in total. The van der Waals surface area contributed by atoms with Gasteiger partial charge in [-0.25, -0.2) is 0 Å². The van der Waals surface area contributed by atoms with Gasteiger partial charge in [-0.2, -0.15) is 0 Å². The number of carbonyl (C=O) groups excluding carboxylic acids is 1. The third kappa shape index (κ3) is 3.96. The molecule has 0 aromatic carbocycles. The molecule has 4 heteroatoms. The van der Waals surface area contributed by atoms with Gasteiger partial charge in [-0.1, -0.05) is 20.3 Å². The third-order valence-corrected chi connectivity index (χ3v) is 3.58. The molecule has 1 heterocycles. The van der Waals surface area contributed by atoms with Gasteiger partial charge < -0.3 is 10.6 Å². The second-order valence-corrected chi connectivity index (χ2v) is 5.02. The quantitative estimate of drug-likeness (QED) is 0.698. The summed E-state index contributed by atoms with van der Waals surface area (Å²) in [6, 6.07) is 0.793. The molecule has 2 N–H and O–H groups in total. The highest BCUT2D eigenvalue weighted by molar-refractivity contribution is 5.81. The Labute approximate surface area is 105 Å². The topological polar surface area (TPSA) is 44.4 Å². The highest BCUT2D eigenvalue weighted by Crippen LogP contribution is 2.10. The van der Waals surface area contributed by atoms with Crippen LogP contribution in [0.2, 0.25) is 0 Å². The van der Waals surface area contributed by atoms with Crippen LogP contribution < -0.4 is 10.6 Å². The van der Waals surface area contributed by atoms with Crippen molar-refractivity contribution in [1.82, 2.24) is 15.5 Å². The largest absolute Gasteiger partial charge is 0.352 e. The molecule has 1 fully saturated rings. The van der Waals surface area contributed by atoms with Crippen molar-refractivity contribution >= 4 is 5.91 Å². The van der Waals surface area contributed by atoms with Crippen molar-refractivity contribution in [3.63, 3.8) is 0 Å². The van der Waals surface area contributed by atoms with Gasteiger partial charge in [0.1, 0.15) is 0 Å². The summed E-state index contributed by atoms with van der Waals surface area (Å²) < 4.78 is 0. The van der Waals surface area contributed by atoms with E-state index in [1.54, 1.807) is 0 Å². The minimum absolute atomic E-state index is 0.0218. The maximum atomic E-state index is 12.1. The van der Waals surface area contributed by atoms with Crippen molar-refractivity contribution in [3.8, 4) is 0 Å². The summed E-state index contributed by atoms with van der Waals surface area (Å²) in [6.07, 6.45) is 2.16. The molecule has 0 spiro atoms. The fraction of sp³-hybridized carbons (Fsp3) is 0.923. The van der Waals surface area contributed by atoms with E-state index in [0.717, 1.165) is 32.5 Å². The lowest BCUT2D eigenvalue weighted by atomic mass is 10.1. The van der Waals surface area contributed by atoms with Gasteiger partial charge in [-0.3, -0.25) is 9.69 Å². The molecule has 0 aromatic heterocycles. The first-order valence-corrected chi connectivity index (χ1v) is 6.86. The molecule has 0 aliphatic carbocycles. The van der Waals surface area contributed by atoms with Crippen LogP contribution in [0.1, 0.15) is 40.5 Å². The molecule has 0 bridgehead atoms. The SMILES string of the molecule is CCCC(C)NC(=O)C(C)N(CC)C1CNC1. The van der Waals surface area contributed by atoms with Crippen LogP contribution in [0.4, 0.5) is 0 Å². The molecule has 0 aromatic rings. The van der Waals surface area contributed by atoms with Gasteiger partial charge >= 0.3 is 0 Å². The molecular formula is C13H27N3O. The highest BCUT2D eigenvalue weighted by atomic mass is 16.2. The van der Waals surface area contributed by atoms with E-state index in [2.05, 4.69) is 36.3 Å². The van der Waals surface area contributed by atoms with Crippen LogP contribution in [0.5, 0.6) is 0 Å². The summed E-state index contributed by atoms with van der Waals surface area (Å²) in [7, 11) is 0. The molecule has 1 rings (SSSR count). The zero-order valence-corrected chi connectivity index (χ0v) is 11.6. The van der Waals surface area contributed by atoms with Crippen LogP contribution in [0.3, 0.4) is 0 Å². The Kier molecular flexibility index (Phi) is 5.92. The first kappa shape index (κ1) is 14.5. The Bertz CT molecular complexity index is 241. The zero-order valence-electron chi connectivity index (χ0n) is 11.6. The van der Waals surface area contributed by atoms with Gasteiger partial charge in [0.05, 0.1) is 6.04 Å². The predicted octanol–water partition coefficient (Wildman–Crippen LogP) is 0.973. The van der Waals surface area contributed by atoms with Crippen molar-refractivity contribution < 1.29 is 4.79 Å². The Balaban J connectivity index is 2.42. The number of likely N-dealkylation sites (N-methyl/N-ethyl adjacent to an activating group) is 1. The van der Waals surface area contributed by atoms with Crippen LogP contribution in [0, 0.1) is 0 Å². The smallest absolute Gasteiger partial charge is 0.237 e. The van der Waals surface area contributed by atoms with Crippen LogP contribution in [0.25, 0.3) is 0 Å². The van der Waals surface area contributed by atoms with Crippen LogP contribution in [-0.4, -0.2) is 48.6 Å². The normalized spacial score (nSPS) is 19.8. The van der Waals surface area contributed by atoms with Crippen LogP contribution in [-0.2, 0) is 4.79 Å².